The second kappa shape index (κ2) is 5.40. The lowest BCUT2D eigenvalue weighted by atomic mass is 10.3. The van der Waals surface area contributed by atoms with Gasteiger partial charge >= 0.3 is 0 Å². The fourth-order valence-corrected chi connectivity index (χ4v) is 2.07. The highest BCUT2D eigenvalue weighted by Gasteiger charge is 2.08. The minimum Gasteiger partial charge on any atom is -0.369 e. The van der Waals surface area contributed by atoms with E-state index in [-0.39, 0.29) is 0 Å². The van der Waals surface area contributed by atoms with Crippen molar-refractivity contribution in [3.05, 3.63) is 24.3 Å². The molecule has 2 rings (SSSR count). The van der Waals surface area contributed by atoms with E-state index in [1.807, 2.05) is 18.2 Å². The molecule has 4 heteroatoms. The van der Waals surface area contributed by atoms with E-state index in [2.05, 4.69) is 41.4 Å². The number of nitrogens with zero attached hydrogens (tertiary/aromatic N) is 3. The normalized spacial score (nSPS) is 11.8. The van der Waals surface area contributed by atoms with Crippen LogP contribution in [-0.2, 0) is 6.54 Å². The lowest BCUT2D eigenvalue weighted by Gasteiger charge is -2.20. The van der Waals surface area contributed by atoms with Crippen molar-refractivity contribution < 1.29 is 0 Å². The van der Waals surface area contributed by atoms with Gasteiger partial charge < -0.3 is 15.2 Å². The summed E-state index contributed by atoms with van der Waals surface area (Å²) in [6.07, 6.45) is 1.08. The SMILES string of the molecule is CC(C)N(C)CCCn1c(N)nc2ccccc21. The van der Waals surface area contributed by atoms with Crippen LogP contribution in [0.5, 0.6) is 0 Å². The topological polar surface area (TPSA) is 47.1 Å². The van der Waals surface area contributed by atoms with E-state index in [9.17, 15) is 0 Å². The second-order valence-corrected chi connectivity index (χ2v) is 5.04. The van der Waals surface area contributed by atoms with Crippen molar-refractivity contribution in [1.29, 1.82) is 0 Å². The van der Waals surface area contributed by atoms with E-state index in [4.69, 9.17) is 5.73 Å². The van der Waals surface area contributed by atoms with Crippen molar-refractivity contribution in [3.8, 4) is 0 Å². The molecule has 18 heavy (non-hydrogen) atoms. The lowest BCUT2D eigenvalue weighted by molar-refractivity contribution is 0.266. The molecule has 4 nitrogen and oxygen atoms in total. The molecule has 0 saturated carbocycles. The van der Waals surface area contributed by atoms with Crippen LogP contribution in [-0.4, -0.2) is 34.1 Å². The molecule has 0 unspecified atom stereocenters. The molecule has 0 fully saturated rings. The number of aryl methyl sites for hydroxylation is 1. The molecule has 0 saturated heterocycles. The van der Waals surface area contributed by atoms with Crippen molar-refractivity contribution in [3.63, 3.8) is 0 Å². The van der Waals surface area contributed by atoms with Gasteiger partial charge in [0, 0.05) is 12.6 Å². The number of imidazole rings is 1. The molecule has 0 atom stereocenters. The average Bonchev–Trinajstić information content (AvgIpc) is 2.65. The third-order valence-electron chi connectivity index (χ3n) is 3.46. The number of fused-ring (bicyclic) bond motifs is 1. The molecule has 1 aromatic heterocycles. The Kier molecular flexibility index (Phi) is 3.87. The van der Waals surface area contributed by atoms with Crippen LogP contribution < -0.4 is 5.73 Å². The highest BCUT2D eigenvalue weighted by Crippen LogP contribution is 2.17. The first-order valence-electron chi connectivity index (χ1n) is 6.50. The molecule has 0 aliphatic heterocycles. The Morgan fingerprint density at radius 1 is 1.33 bits per heavy atom. The molecule has 98 valence electrons. The Balaban J connectivity index is 2.05. The van der Waals surface area contributed by atoms with Gasteiger partial charge in [-0.25, -0.2) is 4.98 Å². The van der Waals surface area contributed by atoms with Gasteiger partial charge in [0.25, 0.3) is 0 Å². The lowest BCUT2D eigenvalue weighted by Crippen LogP contribution is -2.28. The molecular weight excluding hydrogens is 224 g/mol. The highest BCUT2D eigenvalue weighted by atomic mass is 15.2. The van der Waals surface area contributed by atoms with E-state index in [0.29, 0.717) is 12.0 Å². The summed E-state index contributed by atoms with van der Waals surface area (Å²) < 4.78 is 2.10. The number of anilines is 1. The zero-order chi connectivity index (χ0) is 13.1. The molecule has 1 aromatic carbocycles. The Morgan fingerprint density at radius 2 is 2.06 bits per heavy atom. The van der Waals surface area contributed by atoms with E-state index >= 15 is 0 Å². The minimum atomic E-state index is 0.585. The van der Waals surface area contributed by atoms with Gasteiger partial charge in [-0.15, -0.1) is 0 Å². The first-order chi connectivity index (χ1) is 8.59. The molecular formula is C14H22N4. The quantitative estimate of drug-likeness (QED) is 0.881. The van der Waals surface area contributed by atoms with Crippen LogP contribution in [0.3, 0.4) is 0 Å². The molecule has 2 N–H and O–H groups in total. The van der Waals surface area contributed by atoms with Crippen LogP contribution in [0.2, 0.25) is 0 Å². The van der Waals surface area contributed by atoms with Crippen molar-refractivity contribution in [2.75, 3.05) is 19.3 Å². The maximum atomic E-state index is 5.97. The third kappa shape index (κ3) is 2.64. The van der Waals surface area contributed by atoms with Gasteiger partial charge in [-0.1, -0.05) is 12.1 Å². The molecule has 0 radical (unpaired) electrons. The number of para-hydroxylation sites is 2. The summed E-state index contributed by atoms with van der Waals surface area (Å²) in [5.41, 5.74) is 8.07. The van der Waals surface area contributed by atoms with Crippen LogP contribution >= 0.6 is 0 Å². The molecule has 1 heterocycles. The Morgan fingerprint density at radius 3 is 2.78 bits per heavy atom. The molecule has 0 bridgehead atoms. The largest absolute Gasteiger partial charge is 0.369 e. The van der Waals surface area contributed by atoms with Crippen molar-refractivity contribution in [2.45, 2.75) is 32.9 Å². The first kappa shape index (κ1) is 12.9. The molecule has 0 amide bonds. The average molecular weight is 246 g/mol. The predicted octanol–water partition coefficient (Wildman–Crippen LogP) is 2.35. The van der Waals surface area contributed by atoms with E-state index in [0.717, 1.165) is 30.5 Å². The van der Waals surface area contributed by atoms with Crippen LogP contribution in [0.15, 0.2) is 24.3 Å². The third-order valence-corrected chi connectivity index (χ3v) is 3.46. The van der Waals surface area contributed by atoms with Crippen LogP contribution in [0.4, 0.5) is 5.95 Å². The van der Waals surface area contributed by atoms with Crippen LogP contribution in [0, 0.1) is 0 Å². The maximum Gasteiger partial charge on any atom is 0.201 e. The zero-order valence-corrected chi connectivity index (χ0v) is 11.4. The van der Waals surface area contributed by atoms with Crippen LogP contribution in [0.1, 0.15) is 20.3 Å². The summed E-state index contributed by atoms with van der Waals surface area (Å²) in [6.45, 7) is 6.41. The van der Waals surface area contributed by atoms with Crippen molar-refractivity contribution >= 4 is 17.0 Å². The second-order valence-electron chi connectivity index (χ2n) is 5.04. The summed E-state index contributed by atoms with van der Waals surface area (Å²) in [7, 11) is 2.15. The van der Waals surface area contributed by atoms with E-state index in [1.165, 1.54) is 0 Å². The van der Waals surface area contributed by atoms with Gasteiger partial charge in [0.2, 0.25) is 5.95 Å². The molecule has 2 aromatic rings. The van der Waals surface area contributed by atoms with Gasteiger partial charge in [0.05, 0.1) is 11.0 Å². The summed E-state index contributed by atoms with van der Waals surface area (Å²) in [4.78, 5) is 6.72. The molecule has 0 aliphatic rings. The summed E-state index contributed by atoms with van der Waals surface area (Å²) >= 11 is 0. The standard InChI is InChI=1S/C14H22N4/c1-11(2)17(3)9-6-10-18-13-8-5-4-7-12(13)16-14(18)15/h4-5,7-8,11H,6,9-10H2,1-3H3,(H2,15,16). The number of nitrogens with two attached hydrogens (primary N) is 1. The van der Waals surface area contributed by atoms with Crippen LogP contribution in [0.25, 0.3) is 11.0 Å². The Bertz CT molecular complexity index is 515. The zero-order valence-electron chi connectivity index (χ0n) is 11.4. The van der Waals surface area contributed by atoms with Gasteiger partial charge in [-0.3, -0.25) is 0 Å². The molecule has 0 aliphatic carbocycles. The Hall–Kier alpha value is -1.55. The number of hydrogen-bond donors (Lipinski definition) is 1. The van der Waals surface area contributed by atoms with Gasteiger partial charge in [-0.05, 0) is 46.0 Å². The maximum absolute atomic E-state index is 5.97. The van der Waals surface area contributed by atoms with Crippen molar-refractivity contribution in [1.82, 2.24) is 14.5 Å². The molecule has 0 spiro atoms. The summed E-state index contributed by atoms with van der Waals surface area (Å²) in [5, 5.41) is 0. The summed E-state index contributed by atoms with van der Waals surface area (Å²) in [5.74, 6) is 0.614. The summed E-state index contributed by atoms with van der Waals surface area (Å²) in [6, 6.07) is 8.68. The first-order valence-corrected chi connectivity index (χ1v) is 6.50. The minimum absolute atomic E-state index is 0.585. The Labute approximate surface area is 108 Å². The van der Waals surface area contributed by atoms with Gasteiger partial charge in [0.1, 0.15) is 0 Å². The van der Waals surface area contributed by atoms with Gasteiger partial charge in [-0.2, -0.15) is 0 Å². The van der Waals surface area contributed by atoms with Gasteiger partial charge in [0.15, 0.2) is 0 Å². The van der Waals surface area contributed by atoms with E-state index in [1.54, 1.807) is 0 Å². The highest BCUT2D eigenvalue weighted by molar-refractivity contribution is 5.78. The number of nitrogen functional groups attached to an aromatic ring is 1. The number of hydrogen-bond acceptors (Lipinski definition) is 3. The fraction of sp³-hybridized carbons (Fsp3) is 0.500. The fourth-order valence-electron chi connectivity index (χ4n) is 2.07. The number of rotatable bonds is 5. The van der Waals surface area contributed by atoms with Crippen molar-refractivity contribution in [2.24, 2.45) is 0 Å². The number of aromatic nitrogens is 2. The monoisotopic (exact) mass is 246 g/mol. The predicted molar refractivity (Wildman–Crippen MR) is 76.5 cm³/mol. The smallest absolute Gasteiger partial charge is 0.201 e. The van der Waals surface area contributed by atoms with E-state index < -0.39 is 0 Å². The number of benzene rings is 1.